The minimum atomic E-state index is -0.523. The van der Waals surface area contributed by atoms with E-state index in [9.17, 15) is 8.78 Å². The van der Waals surface area contributed by atoms with Gasteiger partial charge in [-0.25, -0.2) is 13.8 Å². The normalized spacial score (nSPS) is 19.0. The molecule has 0 spiro atoms. The molecule has 0 radical (unpaired) electrons. The van der Waals surface area contributed by atoms with E-state index in [0.717, 1.165) is 30.9 Å². The van der Waals surface area contributed by atoms with Crippen molar-refractivity contribution in [2.24, 2.45) is 4.99 Å². The molecular weight excluding hydrogens is 525 g/mol. The van der Waals surface area contributed by atoms with E-state index >= 15 is 0 Å². The molecule has 0 aliphatic carbocycles. The third-order valence-electron chi connectivity index (χ3n) is 5.96. The van der Waals surface area contributed by atoms with Gasteiger partial charge >= 0.3 is 0 Å². The molecule has 2 fully saturated rings. The Morgan fingerprint density at radius 3 is 2.56 bits per heavy atom. The molecule has 1 unspecified atom stereocenters. The maximum atomic E-state index is 14.1. The van der Waals surface area contributed by atoms with Crippen molar-refractivity contribution in [1.82, 2.24) is 15.6 Å². The van der Waals surface area contributed by atoms with E-state index in [1.54, 1.807) is 11.9 Å². The van der Waals surface area contributed by atoms with E-state index in [1.165, 1.54) is 37.5 Å². The van der Waals surface area contributed by atoms with Gasteiger partial charge in [0.25, 0.3) is 0 Å². The first-order valence-electron chi connectivity index (χ1n) is 11.0. The summed E-state index contributed by atoms with van der Waals surface area (Å²) in [6.45, 7) is 3.87. The summed E-state index contributed by atoms with van der Waals surface area (Å²) in [7, 11) is 1.73. The lowest BCUT2D eigenvalue weighted by Gasteiger charge is -2.28. The zero-order valence-electron chi connectivity index (χ0n) is 18.4. The number of benzene rings is 1. The first-order valence-corrected chi connectivity index (χ1v) is 11.0. The standard InChI is InChI=1S/C23H30F2N6.HI/c1-26-23(28-15-17-8-10-27-21(14-17)30-11-3-2-4-12-30)29-18-9-13-31(16-18)22-19(24)6-5-7-20(22)25;/h5-8,10,14,18H,2-4,9,11-13,15-16H2,1H3,(H2,26,28,29);1H. The second kappa shape index (κ2) is 11.6. The quantitative estimate of drug-likeness (QED) is 0.333. The highest BCUT2D eigenvalue weighted by Gasteiger charge is 2.27. The zero-order chi connectivity index (χ0) is 21.6. The minimum Gasteiger partial charge on any atom is -0.365 e. The van der Waals surface area contributed by atoms with E-state index in [4.69, 9.17) is 0 Å². The molecule has 0 saturated carbocycles. The smallest absolute Gasteiger partial charge is 0.191 e. The molecule has 0 amide bonds. The summed E-state index contributed by atoms with van der Waals surface area (Å²) in [5, 5.41) is 6.72. The van der Waals surface area contributed by atoms with Crippen LogP contribution in [0.1, 0.15) is 31.2 Å². The van der Waals surface area contributed by atoms with Crippen LogP contribution in [0.5, 0.6) is 0 Å². The molecule has 0 bridgehead atoms. The van der Waals surface area contributed by atoms with Crippen LogP contribution in [0.4, 0.5) is 20.3 Å². The van der Waals surface area contributed by atoms with Gasteiger partial charge in [-0.2, -0.15) is 0 Å². The van der Waals surface area contributed by atoms with Crippen molar-refractivity contribution in [3.63, 3.8) is 0 Å². The van der Waals surface area contributed by atoms with Crippen molar-refractivity contribution in [1.29, 1.82) is 0 Å². The van der Waals surface area contributed by atoms with Crippen LogP contribution in [0.25, 0.3) is 0 Å². The average Bonchev–Trinajstić information content (AvgIpc) is 3.25. The summed E-state index contributed by atoms with van der Waals surface area (Å²) in [6.07, 6.45) is 6.37. The summed E-state index contributed by atoms with van der Waals surface area (Å²) >= 11 is 0. The maximum absolute atomic E-state index is 14.1. The molecular formula is C23H31F2IN6. The number of guanidine groups is 1. The number of anilines is 2. The number of aromatic nitrogens is 1. The van der Waals surface area contributed by atoms with Crippen LogP contribution in [-0.2, 0) is 6.54 Å². The van der Waals surface area contributed by atoms with Crippen LogP contribution in [0.15, 0.2) is 41.5 Å². The molecule has 32 heavy (non-hydrogen) atoms. The Bertz CT molecular complexity index is 899. The molecule has 1 aromatic carbocycles. The summed E-state index contributed by atoms with van der Waals surface area (Å²) in [4.78, 5) is 12.9. The van der Waals surface area contributed by atoms with E-state index in [-0.39, 0.29) is 35.7 Å². The minimum absolute atomic E-state index is 0. The van der Waals surface area contributed by atoms with Crippen molar-refractivity contribution < 1.29 is 8.78 Å². The lowest BCUT2D eigenvalue weighted by atomic mass is 10.1. The monoisotopic (exact) mass is 556 g/mol. The number of rotatable bonds is 5. The first-order chi connectivity index (χ1) is 15.1. The van der Waals surface area contributed by atoms with Gasteiger partial charge in [-0.15, -0.1) is 24.0 Å². The van der Waals surface area contributed by atoms with Gasteiger partial charge in [0.05, 0.1) is 0 Å². The third-order valence-corrected chi connectivity index (χ3v) is 5.96. The molecule has 3 heterocycles. The molecule has 2 aromatic rings. The summed E-state index contributed by atoms with van der Waals surface area (Å²) in [6, 6.07) is 8.18. The topological polar surface area (TPSA) is 55.8 Å². The second-order valence-corrected chi connectivity index (χ2v) is 8.14. The number of para-hydroxylation sites is 1. The van der Waals surface area contributed by atoms with E-state index in [0.29, 0.717) is 25.6 Å². The predicted molar refractivity (Wildman–Crippen MR) is 136 cm³/mol. The third kappa shape index (κ3) is 5.99. The van der Waals surface area contributed by atoms with Gasteiger partial charge in [-0.3, -0.25) is 4.99 Å². The molecule has 2 N–H and O–H groups in total. The Balaban J connectivity index is 0.00000289. The number of pyridine rings is 1. The Morgan fingerprint density at radius 2 is 1.84 bits per heavy atom. The molecule has 6 nitrogen and oxygen atoms in total. The van der Waals surface area contributed by atoms with Crippen molar-refractivity contribution in [2.45, 2.75) is 38.3 Å². The molecule has 1 atom stereocenters. The Kier molecular flexibility index (Phi) is 8.89. The van der Waals surface area contributed by atoms with Crippen LogP contribution >= 0.6 is 24.0 Å². The highest BCUT2D eigenvalue weighted by Crippen LogP contribution is 2.26. The van der Waals surface area contributed by atoms with Crippen LogP contribution < -0.4 is 20.4 Å². The van der Waals surface area contributed by atoms with Crippen molar-refractivity contribution in [2.75, 3.05) is 43.0 Å². The van der Waals surface area contributed by atoms with Crippen LogP contribution in [0, 0.1) is 11.6 Å². The highest BCUT2D eigenvalue weighted by atomic mass is 127. The van der Waals surface area contributed by atoms with Crippen molar-refractivity contribution >= 4 is 41.4 Å². The Hall–Kier alpha value is -2.17. The van der Waals surface area contributed by atoms with Gasteiger partial charge < -0.3 is 20.4 Å². The van der Waals surface area contributed by atoms with E-state index in [2.05, 4.69) is 31.6 Å². The fraction of sp³-hybridized carbons (Fsp3) is 0.478. The summed E-state index contributed by atoms with van der Waals surface area (Å²) < 4.78 is 28.2. The zero-order valence-corrected chi connectivity index (χ0v) is 20.7. The number of nitrogens with zero attached hydrogens (tertiary/aromatic N) is 4. The maximum Gasteiger partial charge on any atom is 0.191 e. The van der Waals surface area contributed by atoms with Gasteiger partial charge in [0, 0.05) is 52.0 Å². The van der Waals surface area contributed by atoms with Gasteiger partial charge in [-0.1, -0.05) is 6.07 Å². The highest BCUT2D eigenvalue weighted by molar-refractivity contribution is 14.0. The number of halogens is 3. The van der Waals surface area contributed by atoms with Gasteiger partial charge in [0.1, 0.15) is 23.1 Å². The average molecular weight is 556 g/mol. The molecule has 2 saturated heterocycles. The molecule has 174 valence electrons. The first kappa shape index (κ1) is 24.5. The van der Waals surface area contributed by atoms with E-state index < -0.39 is 11.6 Å². The number of aliphatic imine (C=N–C) groups is 1. The molecule has 1 aromatic heterocycles. The Morgan fingerprint density at radius 1 is 1.09 bits per heavy atom. The molecule has 2 aliphatic rings. The number of hydrogen-bond donors (Lipinski definition) is 2. The lowest BCUT2D eigenvalue weighted by molar-refractivity contribution is 0.573. The number of piperidine rings is 1. The molecule has 2 aliphatic heterocycles. The van der Waals surface area contributed by atoms with Crippen molar-refractivity contribution in [3.8, 4) is 0 Å². The molecule has 9 heteroatoms. The number of nitrogens with one attached hydrogen (secondary N) is 2. The fourth-order valence-electron chi connectivity index (χ4n) is 4.31. The lowest BCUT2D eigenvalue weighted by Crippen LogP contribution is -2.44. The van der Waals surface area contributed by atoms with Crippen molar-refractivity contribution in [3.05, 3.63) is 53.7 Å². The van der Waals surface area contributed by atoms with Gasteiger partial charge in [0.2, 0.25) is 0 Å². The van der Waals surface area contributed by atoms with Crippen LogP contribution in [-0.4, -0.2) is 50.2 Å². The summed E-state index contributed by atoms with van der Waals surface area (Å²) in [5.74, 6) is 0.660. The van der Waals surface area contributed by atoms with Crippen LogP contribution in [0.3, 0.4) is 0 Å². The van der Waals surface area contributed by atoms with E-state index in [1.807, 2.05) is 12.3 Å². The Labute approximate surface area is 205 Å². The predicted octanol–water partition coefficient (Wildman–Crippen LogP) is 3.91. The fourth-order valence-corrected chi connectivity index (χ4v) is 4.31. The SMILES string of the molecule is CN=C(NCc1ccnc(N2CCCCC2)c1)NC1CCN(c2c(F)cccc2F)C1.I. The largest absolute Gasteiger partial charge is 0.365 e. The van der Waals surface area contributed by atoms with Gasteiger partial charge in [0.15, 0.2) is 5.96 Å². The second-order valence-electron chi connectivity index (χ2n) is 8.14. The molecule has 4 rings (SSSR count). The number of hydrogen-bond acceptors (Lipinski definition) is 4. The summed E-state index contributed by atoms with van der Waals surface area (Å²) in [5.41, 5.74) is 1.19. The van der Waals surface area contributed by atoms with Gasteiger partial charge in [-0.05, 0) is 55.5 Å². The van der Waals surface area contributed by atoms with Crippen LogP contribution in [0.2, 0.25) is 0 Å².